The molecule has 2 aliphatic rings. The summed E-state index contributed by atoms with van der Waals surface area (Å²) in [5, 5.41) is 77.2. The van der Waals surface area contributed by atoms with E-state index in [2.05, 4.69) is 45.1 Å². The standard InChI is InChI=1S/C29H52N8O9/c1-4-6-8-10-30-12-18-14-36(34-32-18)16-20-22(38)23(39)25(41)29(44-20)46-27-21(45-28(43-3)26(42)24(27)40)17-37-15-19(33-35-37)13-31-11-9-7-5-2/h14-15,20-31,38-42H,4-13,16-17H2,1-3H3/t20-,21-,22-,23+,24-,25-,26-,27-,28?,29-/m1/s1. The Bertz CT molecular complexity index is 1140. The van der Waals surface area contributed by atoms with Gasteiger partial charge in [0.1, 0.15) is 48.8 Å². The third-order valence-electron chi connectivity index (χ3n) is 8.27. The largest absolute Gasteiger partial charge is 0.388 e. The summed E-state index contributed by atoms with van der Waals surface area (Å²) in [6.45, 7) is 7.14. The van der Waals surface area contributed by atoms with Crippen LogP contribution in [0, 0.1) is 0 Å². The quantitative estimate of drug-likeness (QED) is 0.0847. The number of aliphatic hydroxyl groups excluding tert-OH is 5. The van der Waals surface area contributed by atoms with Gasteiger partial charge in [-0.1, -0.05) is 50.0 Å². The fourth-order valence-electron chi connectivity index (χ4n) is 5.57. The number of aromatic nitrogens is 6. The highest BCUT2D eigenvalue weighted by Gasteiger charge is 2.51. The summed E-state index contributed by atoms with van der Waals surface area (Å²) >= 11 is 0. The molecule has 46 heavy (non-hydrogen) atoms. The molecule has 0 saturated carbocycles. The van der Waals surface area contributed by atoms with Gasteiger partial charge in [0, 0.05) is 32.6 Å². The van der Waals surface area contributed by atoms with Gasteiger partial charge >= 0.3 is 0 Å². The van der Waals surface area contributed by atoms with E-state index in [1.54, 1.807) is 12.4 Å². The number of rotatable bonds is 19. The topological polar surface area (TPSA) is 224 Å². The molecule has 0 radical (unpaired) electrons. The summed E-state index contributed by atoms with van der Waals surface area (Å²) in [6.07, 6.45) is -3.54. The van der Waals surface area contributed by atoms with Gasteiger partial charge in [0.05, 0.1) is 24.5 Å². The van der Waals surface area contributed by atoms with E-state index in [0.717, 1.165) is 51.6 Å². The SMILES string of the molecule is CCCCCNCc1cn(C[C@H]2O[C@H](O[C@H]3[C@H](O)[C@@H](O)C(OC)O[C@@H]3Cn3cc(CNCCCCC)nn3)[C@H](O)[C@@H](O)[C@@H]2O)nn1. The van der Waals surface area contributed by atoms with Crippen LogP contribution < -0.4 is 10.6 Å². The smallest absolute Gasteiger partial charge is 0.187 e. The molecule has 0 aliphatic carbocycles. The first-order valence-electron chi connectivity index (χ1n) is 16.3. The van der Waals surface area contributed by atoms with Crippen LogP contribution in [-0.2, 0) is 45.1 Å². The Morgan fingerprint density at radius 1 is 0.696 bits per heavy atom. The lowest BCUT2D eigenvalue weighted by Gasteiger charge is -2.46. The summed E-state index contributed by atoms with van der Waals surface area (Å²) in [7, 11) is 1.34. The highest BCUT2D eigenvalue weighted by atomic mass is 16.7. The molecular weight excluding hydrogens is 604 g/mol. The van der Waals surface area contributed by atoms with E-state index >= 15 is 0 Å². The van der Waals surface area contributed by atoms with E-state index in [0.29, 0.717) is 24.5 Å². The Labute approximate surface area is 269 Å². The van der Waals surface area contributed by atoms with Crippen molar-refractivity contribution in [1.29, 1.82) is 0 Å². The van der Waals surface area contributed by atoms with Gasteiger partial charge < -0.3 is 55.1 Å². The Kier molecular flexibility index (Phi) is 14.7. The number of hydrogen-bond acceptors (Lipinski definition) is 15. The fourth-order valence-corrected chi connectivity index (χ4v) is 5.57. The van der Waals surface area contributed by atoms with Gasteiger partial charge in [0.2, 0.25) is 0 Å². The molecule has 0 spiro atoms. The minimum absolute atomic E-state index is 0.00335. The van der Waals surface area contributed by atoms with Crippen LogP contribution in [0.3, 0.4) is 0 Å². The molecule has 17 nitrogen and oxygen atoms in total. The Morgan fingerprint density at radius 2 is 1.22 bits per heavy atom. The number of ether oxygens (including phenoxy) is 4. The van der Waals surface area contributed by atoms with Crippen molar-refractivity contribution in [3.05, 3.63) is 23.8 Å². The van der Waals surface area contributed by atoms with Crippen LogP contribution in [0.15, 0.2) is 12.4 Å². The van der Waals surface area contributed by atoms with Gasteiger partial charge in [0.15, 0.2) is 12.6 Å². The molecule has 2 aliphatic heterocycles. The first-order valence-corrected chi connectivity index (χ1v) is 16.3. The highest BCUT2D eigenvalue weighted by Crippen LogP contribution is 2.30. The summed E-state index contributed by atoms with van der Waals surface area (Å²) in [6, 6.07) is 0. The third-order valence-corrected chi connectivity index (χ3v) is 8.27. The second kappa shape index (κ2) is 18.4. The molecule has 2 fully saturated rings. The van der Waals surface area contributed by atoms with Crippen LogP contribution in [-0.4, -0.2) is 137 Å². The maximum Gasteiger partial charge on any atom is 0.187 e. The average Bonchev–Trinajstić information content (AvgIpc) is 3.70. The first-order chi connectivity index (χ1) is 22.2. The maximum absolute atomic E-state index is 11.1. The van der Waals surface area contributed by atoms with Crippen molar-refractivity contribution in [2.75, 3.05) is 20.2 Å². The highest BCUT2D eigenvalue weighted by molar-refractivity contribution is 4.97. The number of nitrogens with one attached hydrogen (secondary N) is 2. The number of hydrogen-bond donors (Lipinski definition) is 7. The molecule has 262 valence electrons. The van der Waals surface area contributed by atoms with Gasteiger partial charge in [-0.2, -0.15) is 0 Å². The predicted molar refractivity (Wildman–Crippen MR) is 162 cm³/mol. The lowest BCUT2D eigenvalue weighted by Crippen LogP contribution is -2.64. The molecule has 0 aromatic carbocycles. The van der Waals surface area contributed by atoms with Crippen LogP contribution in [0.4, 0.5) is 0 Å². The van der Waals surface area contributed by atoms with Crippen molar-refractivity contribution in [2.45, 2.75) is 140 Å². The zero-order chi connectivity index (χ0) is 33.1. The Morgan fingerprint density at radius 3 is 1.76 bits per heavy atom. The molecule has 0 amide bonds. The van der Waals surface area contributed by atoms with Gasteiger partial charge in [-0.3, -0.25) is 0 Å². The molecule has 2 aromatic heterocycles. The minimum atomic E-state index is -1.67. The number of methoxy groups -OCH3 is 1. The van der Waals surface area contributed by atoms with Gasteiger partial charge in [0.25, 0.3) is 0 Å². The minimum Gasteiger partial charge on any atom is -0.388 e. The summed E-state index contributed by atoms with van der Waals surface area (Å²) in [5.41, 5.74) is 1.41. The van der Waals surface area contributed by atoms with Crippen molar-refractivity contribution in [2.24, 2.45) is 0 Å². The molecule has 10 atom stereocenters. The van der Waals surface area contributed by atoms with E-state index in [-0.39, 0.29) is 13.1 Å². The Balaban J connectivity index is 1.40. The normalized spacial score (nSPS) is 31.8. The lowest BCUT2D eigenvalue weighted by molar-refractivity contribution is -0.355. The maximum atomic E-state index is 11.1. The zero-order valence-corrected chi connectivity index (χ0v) is 27.0. The molecule has 2 saturated heterocycles. The number of aliphatic hydroxyl groups is 5. The molecule has 1 unspecified atom stereocenters. The van der Waals surface area contributed by atoms with Crippen LogP contribution in [0.1, 0.15) is 63.8 Å². The van der Waals surface area contributed by atoms with Gasteiger partial charge in [-0.25, -0.2) is 9.36 Å². The van der Waals surface area contributed by atoms with Gasteiger partial charge in [-0.15, -0.1) is 10.2 Å². The fraction of sp³-hybridized carbons (Fsp3) is 0.862. The molecule has 4 heterocycles. The number of nitrogens with zero attached hydrogens (tertiary/aromatic N) is 6. The summed E-state index contributed by atoms with van der Waals surface area (Å²) < 4.78 is 26.1. The van der Waals surface area contributed by atoms with E-state index < -0.39 is 61.4 Å². The molecule has 2 aromatic rings. The molecule has 17 heteroatoms. The van der Waals surface area contributed by atoms with Gasteiger partial charge in [-0.05, 0) is 25.9 Å². The lowest BCUT2D eigenvalue weighted by atomic mass is 9.96. The predicted octanol–water partition coefficient (Wildman–Crippen LogP) is -1.58. The zero-order valence-electron chi connectivity index (χ0n) is 27.0. The summed E-state index contributed by atoms with van der Waals surface area (Å²) in [4.78, 5) is 0. The van der Waals surface area contributed by atoms with Crippen molar-refractivity contribution in [3.8, 4) is 0 Å². The van der Waals surface area contributed by atoms with Crippen LogP contribution in [0.2, 0.25) is 0 Å². The van der Waals surface area contributed by atoms with Crippen LogP contribution >= 0.6 is 0 Å². The van der Waals surface area contributed by atoms with Crippen LogP contribution in [0.5, 0.6) is 0 Å². The van der Waals surface area contributed by atoms with E-state index in [9.17, 15) is 25.5 Å². The van der Waals surface area contributed by atoms with Crippen molar-refractivity contribution in [1.82, 2.24) is 40.6 Å². The van der Waals surface area contributed by atoms with E-state index in [4.69, 9.17) is 18.9 Å². The average molecular weight is 657 g/mol. The molecular formula is C29H52N8O9. The second-order valence-corrected chi connectivity index (χ2v) is 12.0. The third kappa shape index (κ3) is 9.93. The second-order valence-electron chi connectivity index (χ2n) is 12.0. The van der Waals surface area contributed by atoms with E-state index in [1.807, 2.05) is 0 Å². The van der Waals surface area contributed by atoms with Crippen LogP contribution in [0.25, 0.3) is 0 Å². The molecule has 7 N–H and O–H groups in total. The summed E-state index contributed by atoms with van der Waals surface area (Å²) in [5.74, 6) is 0. The van der Waals surface area contributed by atoms with Crippen molar-refractivity contribution >= 4 is 0 Å². The first kappa shape index (κ1) is 36.7. The van der Waals surface area contributed by atoms with Crippen molar-refractivity contribution in [3.63, 3.8) is 0 Å². The Hall–Kier alpha value is -2.16. The monoisotopic (exact) mass is 656 g/mol. The molecule has 0 bridgehead atoms. The molecule has 4 rings (SSSR count). The van der Waals surface area contributed by atoms with Crippen molar-refractivity contribution < 1.29 is 44.5 Å². The van der Waals surface area contributed by atoms with E-state index in [1.165, 1.54) is 16.5 Å². The number of unbranched alkanes of at least 4 members (excludes halogenated alkanes) is 4.